The van der Waals surface area contributed by atoms with Crippen molar-refractivity contribution in [3.8, 4) is 0 Å². The minimum absolute atomic E-state index is 0. The number of halogens is 1. The summed E-state index contributed by atoms with van der Waals surface area (Å²) in [7, 11) is 0. The van der Waals surface area contributed by atoms with Gasteiger partial charge in [-0.3, -0.25) is 4.79 Å². The number of furan rings is 1. The zero-order chi connectivity index (χ0) is 16.3. The Morgan fingerprint density at radius 3 is 2.48 bits per heavy atom. The van der Waals surface area contributed by atoms with Gasteiger partial charge in [0, 0.05) is 17.5 Å². The van der Waals surface area contributed by atoms with Crippen LogP contribution in [0.25, 0.3) is 11.0 Å². The van der Waals surface area contributed by atoms with Crippen molar-refractivity contribution >= 4 is 29.3 Å². The van der Waals surface area contributed by atoms with Gasteiger partial charge in [-0.1, -0.05) is 26.0 Å². The lowest BCUT2D eigenvalue weighted by Gasteiger charge is -2.31. The molecule has 0 fully saturated rings. The van der Waals surface area contributed by atoms with Gasteiger partial charge >= 0.3 is 0 Å². The number of benzene rings is 1. The Morgan fingerprint density at radius 2 is 1.91 bits per heavy atom. The van der Waals surface area contributed by atoms with Crippen LogP contribution in [-0.2, 0) is 11.2 Å². The second kappa shape index (κ2) is 7.84. The molecular formula is C18H27ClN2O2. The minimum atomic E-state index is -0.302. The largest absolute Gasteiger partial charge is 0.464 e. The summed E-state index contributed by atoms with van der Waals surface area (Å²) in [5, 5.41) is 4.12. The zero-order valence-electron chi connectivity index (χ0n) is 14.4. The molecule has 128 valence electrons. The molecule has 0 aliphatic rings. The van der Waals surface area contributed by atoms with E-state index in [-0.39, 0.29) is 23.9 Å². The third-order valence-electron chi connectivity index (χ3n) is 4.84. The van der Waals surface area contributed by atoms with Gasteiger partial charge < -0.3 is 15.5 Å². The summed E-state index contributed by atoms with van der Waals surface area (Å²) in [5.74, 6) is -0.00456. The normalized spacial score (nSPS) is 11.3. The van der Waals surface area contributed by atoms with Crippen LogP contribution in [0.3, 0.4) is 0 Å². The van der Waals surface area contributed by atoms with E-state index in [0.717, 1.165) is 34.9 Å². The van der Waals surface area contributed by atoms with E-state index in [1.165, 1.54) is 5.56 Å². The maximum atomic E-state index is 12.4. The summed E-state index contributed by atoms with van der Waals surface area (Å²) in [6.45, 7) is 8.66. The first-order valence-corrected chi connectivity index (χ1v) is 7.93. The number of aryl methyl sites for hydroxylation is 2. The molecule has 0 atom stereocenters. The van der Waals surface area contributed by atoms with Gasteiger partial charge in [0.25, 0.3) is 0 Å². The summed E-state index contributed by atoms with van der Waals surface area (Å²) < 4.78 is 5.67. The number of hydrogen-bond donors (Lipinski definition) is 2. The van der Waals surface area contributed by atoms with E-state index in [4.69, 9.17) is 10.2 Å². The van der Waals surface area contributed by atoms with Crippen molar-refractivity contribution in [2.75, 3.05) is 6.54 Å². The number of amides is 1. The van der Waals surface area contributed by atoms with Gasteiger partial charge in [-0.25, -0.2) is 0 Å². The highest BCUT2D eigenvalue weighted by molar-refractivity contribution is 5.89. The van der Waals surface area contributed by atoms with Crippen LogP contribution in [0.1, 0.15) is 43.4 Å². The Morgan fingerprint density at radius 1 is 1.26 bits per heavy atom. The molecule has 2 aromatic rings. The van der Waals surface area contributed by atoms with Crippen molar-refractivity contribution in [1.29, 1.82) is 0 Å². The van der Waals surface area contributed by atoms with Crippen LogP contribution in [0, 0.1) is 13.8 Å². The maximum absolute atomic E-state index is 12.4. The molecule has 2 rings (SSSR count). The molecular weight excluding hydrogens is 312 g/mol. The van der Waals surface area contributed by atoms with Gasteiger partial charge in [-0.05, 0) is 37.8 Å². The Kier molecular flexibility index (Phi) is 6.66. The van der Waals surface area contributed by atoms with Crippen molar-refractivity contribution in [2.45, 2.75) is 52.5 Å². The SMILES string of the molecule is CCC(CC)(CN)NC(=O)Cc1coc2c(C)c(C)ccc12.Cl. The summed E-state index contributed by atoms with van der Waals surface area (Å²) in [6.07, 6.45) is 3.67. The van der Waals surface area contributed by atoms with Crippen molar-refractivity contribution in [3.05, 3.63) is 35.1 Å². The molecule has 0 unspecified atom stereocenters. The van der Waals surface area contributed by atoms with Gasteiger partial charge in [-0.15, -0.1) is 12.4 Å². The number of carbonyl (C=O) groups excluding carboxylic acids is 1. The molecule has 0 saturated heterocycles. The third kappa shape index (κ3) is 3.88. The van der Waals surface area contributed by atoms with E-state index < -0.39 is 0 Å². The van der Waals surface area contributed by atoms with Crippen LogP contribution in [0.5, 0.6) is 0 Å². The number of fused-ring (bicyclic) bond motifs is 1. The third-order valence-corrected chi connectivity index (χ3v) is 4.84. The lowest BCUT2D eigenvalue weighted by atomic mass is 9.92. The van der Waals surface area contributed by atoms with Crippen molar-refractivity contribution < 1.29 is 9.21 Å². The molecule has 0 saturated carbocycles. The molecule has 0 aliphatic heterocycles. The molecule has 1 amide bonds. The van der Waals surface area contributed by atoms with E-state index >= 15 is 0 Å². The van der Waals surface area contributed by atoms with Crippen LogP contribution in [-0.4, -0.2) is 18.0 Å². The smallest absolute Gasteiger partial charge is 0.225 e. The summed E-state index contributed by atoms with van der Waals surface area (Å²) >= 11 is 0. The number of carbonyl (C=O) groups is 1. The van der Waals surface area contributed by atoms with Crippen molar-refractivity contribution in [1.82, 2.24) is 5.32 Å². The van der Waals surface area contributed by atoms with Gasteiger partial charge in [0.2, 0.25) is 5.91 Å². The van der Waals surface area contributed by atoms with E-state index in [0.29, 0.717) is 13.0 Å². The second-order valence-electron chi connectivity index (χ2n) is 6.06. The highest BCUT2D eigenvalue weighted by Gasteiger charge is 2.26. The number of rotatable bonds is 6. The van der Waals surface area contributed by atoms with Gasteiger partial charge in [0.15, 0.2) is 0 Å². The quantitative estimate of drug-likeness (QED) is 0.844. The van der Waals surface area contributed by atoms with Crippen LogP contribution >= 0.6 is 12.4 Å². The molecule has 4 nitrogen and oxygen atoms in total. The summed E-state index contributed by atoms with van der Waals surface area (Å²) in [5.41, 5.74) is 9.66. The molecule has 1 heterocycles. The Balaban J connectivity index is 0.00000264. The lowest BCUT2D eigenvalue weighted by Crippen LogP contribution is -2.53. The summed E-state index contributed by atoms with van der Waals surface area (Å²) in [4.78, 5) is 12.4. The molecule has 0 aliphatic carbocycles. The summed E-state index contributed by atoms with van der Waals surface area (Å²) in [6, 6.07) is 4.09. The highest BCUT2D eigenvalue weighted by Crippen LogP contribution is 2.27. The van der Waals surface area contributed by atoms with Crippen LogP contribution in [0.15, 0.2) is 22.8 Å². The zero-order valence-corrected chi connectivity index (χ0v) is 15.2. The number of nitrogens with one attached hydrogen (secondary N) is 1. The van der Waals surface area contributed by atoms with Gasteiger partial charge in [0.05, 0.1) is 18.2 Å². The predicted octanol–water partition coefficient (Wildman–Crippen LogP) is 3.65. The lowest BCUT2D eigenvalue weighted by molar-refractivity contribution is -0.122. The average Bonchev–Trinajstić information content (AvgIpc) is 2.92. The Hall–Kier alpha value is -1.52. The fraction of sp³-hybridized carbons (Fsp3) is 0.500. The first-order chi connectivity index (χ1) is 10.5. The van der Waals surface area contributed by atoms with E-state index in [1.54, 1.807) is 6.26 Å². The Bertz CT molecular complexity index is 667. The fourth-order valence-corrected chi connectivity index (χ4v) is 2.80. The van der Waals surface area contributed by atoms with Crippen LogP contribution in [0.2, 0.25) is 0 Å². The van der Waals surface area contributed by atoms with Crippen LogP contribution < -0.4 is 11.1 Å². The van der Waals surface area contributed by atoms with E-state index in [9.17, 15) is 4.79 Å². The number of nitrogens with two attached hydrogens (primary N) is 1. The van der Waals surface area contributed by atoms with E-state index in [2.05, 4.69) is 32.2 Å². The minimum Gasteiger partial charge on any atom is -0.464 e. The second-order valence-corrected chi connectivity index (χ2v) is 6.06. The maximum Gasteiger partial charge on any atom is 0.225 e. The van der Waals surface area contributed by atoms with E-state index in [1.807, 2.05) is 13.0 Å². The molecule has 1 aromatic heterocycles. The molecule has 0 bridgehead atoms. The monoisotopic (exact) mass is 338 g/mol. The predicted molar refractivity (Wildman–Crippen MR) is 97.2 cm³/mol. The molecule has 0 radical (unpaired) electrons. The topological polar surface area (TPSA) is 68.3 Å². The first kappa shape index (κ1) is 19.5. The molecule has 23 heavy (non-hydrogen) atoms. The van der Waals surface area contributed by atoms with Crippen molar-refractivity contribution in [2.24, 2.45) is 5.73 Å². The Labute approximate surface area is 144 Å². The first-order valence-electron chi connectivity index (χ1n) is 7.93. The van der Waals surface area contributed by atoms with Crippen LogP contribution in [0.4, 0.5) is 0 Å². The number of hydrogen-bond acceptors (Lipinski definition) is 3. The fourth-order valence-electron chi connectivity index (χ4n) is 2.80. The van der Waals surface area contributed by atoms with Crippen molar-refractivity contribution in [3.63, 3.8) is 0 Å². The molecule has 5 heteroatoms. The molecule has 3 N–H and O–H groups in total. The highest BCUT2D eigenvalue weighted by atomic mass is 35.5. The van der Waals surface area contributed by atoms with Gasteiger partial charge in [-0.2, -0.15) is 0 Å². The average molecular weight is 339 g/mol. The molecule has 1 aromatic carbocycles. The molecule has 0 spiro atoms. The standard InChI is InChI=1S/C18H26N2O2.ClH/c1-5-18(6-2,11-19)20-16(21)9-14-10-22-17-13(4)12(3)7-8-15(14)17;/h7-8,10H,5-6,9,11,19H2,1-4H3,(H,20,21);1H. The van der Waals surface area contributed by atoms with Gasteiger partial charge in [0.1, 0.15) is 5.58 Å².